The van der Waals surface area contributed by atoms with Crippen molar-refractivity contribution in [2.45, 2.75) is 93.2 Å². The molecule has 1 aliphatic heterocycles. The Morgan fingerprint density at radius 1 is 0.737 bits per heavy atom. The summed E-state index contributed by atoms with van der Waals surface area (Å²) < 4.78 is 0. The fourth-order valence-corrected chi connectivity index (χ4v) is 5.42. The molecule has 2 heteroatoms. The van der Waals surface area contributed by atoms with Crippen LogP contribution in [-0.2, 0) is 19.5 Å². The molecule has 0 bridgehead atoms. The molecule has 1 heterocycles. The Bertz CT molecular complexity index is 301. The zero-order valence-electron chi connectivity index (χ0n) is 15.1. The summed E-state index contributed by atoms with van der Waals surface area (Å²) in [6.45, 7) is 23.6. The largest absolute Gasteiger partial charge is 0.652 e. The average molecular weight is 318 g/mol. The molecule has 1 saturated heterocycles. The third-order valence-corrected chi connectivity index (χ3v) is 5.30. The molecule has 1 nitrogen and oxygen atoms in total. The van der Waals surface area contributed by atoms with Crippen molar-refractivity contribution < 1.29 is 19.5 Å². The predicted octanol–water partition coefficient (Wildman–Crippen LogP) is 5.79. The van der Waals surface area contributed by atoms with Crippen LogP contribution in [0.5, 0.6) is 0 Å². The first kappa shape index (κ1) is 19.6. The smallest absolute Gasteiger partial charge is 0 e. The van der Waals surface area contributed by atoms with Crippen molar-refractivity contribution in [3.05, 3.63) is 5.32 Å². The second-order valence-corrected chi connectivity index (χ2v) is 9.39. The zero-order chi connectivity index (χ0) is 14.6. The standard InChI is InChI=1S/C17H34N.Zn/c1-13(2,3)17(14(4,5)6)12-11-15(7,8)18-16(17,9)10;/h11-12H2,1-10H3;/q-1;. The molecule has 0 unspecified atom stereocenters. The molecule has 1 aliphatic rings. The van der Waals surface area contributed by atoms with Gasteiger partial charge in [0.25, 0.3) is 0 Å². The number of hydrogen-bond acceptors (Lipinski definition) is 0. The van der Waals surface area contributed by atoms with Crippen LogP contribution in [0, 0.1) is 16.2 Å². The Balaban J connectivity index is 0.00000324. The monoisotopic (exact) mass is 316 g/mol. The molecule has 19 heavy (non-hydrogen) atoms. The molecular formula is C17H34NZn-. The molecule has 1 rings (SSSR count). The maximum atomic E-state index is 5.23. The second-order valence-electron chi connectivity index (χ2n) is 9.39. The Hall–Kier alpha value is 0.583. The van der Waals surface area contributed by atoms with Gasteiger partial charge in [0.2, 0.25) is 0 Å². The Morgan fingerprint density at radius 3 is 1.37 bits per heavy atom. The van der Waals surface area contributed by atoms with E-state index in [0.717, 1.165) is 0 Å². The van der Waals surface area contributed by atoms with Gasteiger partial charge in [0.05, 0.1) is 0 Å². The van der Waals surface area contributed by atoms with Crippen molar-refractivity contribution in [1.82, 2.24) is 0 Å². The summed E-state index contributed by atoms with van der Waals surface area (Å²) in [6, 6.07) is 0. The Labute approximate surface area is 134 Å². The van der Waals surface area contributed by atoms with E-state index in [-0.39, 0.29) is 46.8 Å². The number of nitrogens with zero attached hydrogens (tertiary/aromatic N) is 1. The summed E-state index contributed by atoms with van der Waals surface area (Å²) >= 11 is 0. The summed E-state index contributed by atoms with van der Waals surface area (Å²) in [6.07, 6.45) is 2.47. The summed E-state index contributed by atoms with van der Waals surface area (Å²) in [5.74, 6) is 0. The SMILES string of the molecule is CC1(C)CCC(C(C)(C)C)(C(C)(C)C)C(C)(C)[N-]1.[Zn]. The number of piperidine rings is 1. The Morgan fingerprint density at radius 2 is 1.11 bits per heavy atom. The molecule has 0 N–H and O–H groups in total. The molecule has 0 spiro atoms. The summed E-state index contributed by atoms with van der Waals surface area (Å²) in [5, 5.41) is 5.23. The van der Waals surface area contributed by atoms with Crippen molar-refractivity contribution in [2.24, 2.45) is 16.2 Å². The molecule has 0 aromatic heterocycles. The minimum Gasteiger partial charge on any atom is -0.652 e. The van der Waals surface area contributed by atoms with Crippen LogP contribution in [0.1, 0.15) is 82.1 Å². The van der Waals surface area contributed by atoms with Crippen molar-refractivity contribution in [3.8, 4) is 0 Å². The van der Waals surface area contributed by atoms with Crippen molar-refractivity contribution in [2.75, 3.05) is 0 Å². The molecule has 0 aromatic carbocycles. The second kappa shape index (κ2) is 5.09. The molecule has 110 valence electrons. The van der Waals surface area contributed by atoms with Crippen LogP contribution < -0.4 is 0 Å². The van der Waals surface area contributed by atoms with Gasteiger partial charge < -0.3 is 5.32 Å². The molecular weight excluding hydrogens is 284 g/mol. The first-order valence-electron chi connectivity index (χ1n) is 7.40. The van der Waals surface area contributed by atoms with Gasteiger partial charge in [-0.25, -0.2) is 0 Å². The van der Waals surface area contributed by atoms with Crippen LogP contribution >= 0.6 is 0 Å². The van der Waals surface area contributed by atoms with Crippen molar-refractivity contribution in [3.63, 3.8) is 0 Å². The minimum atomic E-state index is 0. The van der Waals surface area contributed by atoms with E-state index in [1.165, 1.54) is 12.8 Å². The van der Waals surface area contributed by atoms with Gasteiger partial charge in [-0.1, -0.05) is 75.7 Å². The normalized spacial score (nSPS) is 25.6. The van der Waals surface area contributed by atoms with Crippen molar-refractivity contribution >= 4 is 0 Å². The average Bonchev–Trinajstić information content (AvgIpc) is 1.92. The van der Waals surface area contributed by atoms with Gasteiger partial charge in [-0.3, -0.25) is 0 Å². The van der Waals surface area contributed by atoms with E-state index < -0.39 is 0 Å². The minimum absolute atomic E-state index is 0. The van der Waals surface area contributed by atoms with Crippen LogP contribution in [0.2, 0.25) is 0 Å². The van der Waals surface area contributed by atoms with E-state index in [9.17, 15) is 0 Å². The number of rotatable bonds is 0. The Kier molecular flexibility index (Phi) is 5.25. The van der Waals surface area contributed by atoms with Crippen LogP contribution in [0.15, 0.2) is 0 Å². The van der Waals surface area contributed by atoms with Crippen LogP contribution in [-0.4, -0.2) is 11.1 Å². The van der Waals surface area contributed by atoms with E-state index in [4.69, 9.17) is 5.32 Å². The zero-order valence-corrected chi connectivity index (χ0v) is 18.0. The van der Waals surface area contributed by atoms with Crippen LogP contribution in [0.4, 0.5) is 0 Å². The first-order valence-corrected chi connectivity index (χ1v) is 7.40. The first-order chi connectivity index (χ1) is 7.66. The van der Waals surface area contributed by atoms with E-state index in [1.807, 2.05) is 0 Å². The molecule has 0 atom stereocenters. The summed E-state index contributed by atoms with van der Waals surface area (Å²) in [5.41, 5.74) is 0.904. The predicted molar refractivity (Wildman–Crippen MR) is 82.1 cm³/mol. The maximum absolute atomic E-state index is 5.23. The van der Waals surface area contributed by atoms with Crippen LogP contribution in [0.25, 0.3) is 5.32 Å². The fraction of sp³-hybridized carbons (Fsp3) is 1.00. The van der Waals surface area contributed by atoms with Gasteiger partial charge in [-0.2, -0.15) is 0 Å². The molecule has 0 saturated carbocycles. The van der Waals surface area contributed by atoms with Crippen LogP contribution in [0.3, 0.4) is 0 Å². The third-order valence-electron chi connectivity index (χ3n) is 5.30. The molecule has 0 amide bonds. The fourth-order valence-electron chi connectivity index (χ4n) is 5.42. The molecule has 1 fully saturated rings. The van der Waals surface area contributed by atoms with Gasteiger partial charge in [-0.05, 0) is 22.7 Å². The van der Waals surface area contributed by atoms with E-state index in [0.29, 0.717) is 0 Å². The van der Waals surface area contributed by atoms with E-state index in [1.54, 1.807) is 0 Å². The van der Waals surface area contributed by atoms with Gasteiger partial charge in [0.1, 0.15) is 0 Å². The van der Waals surface area contributed by atoms with Gasteiger partial charge in [-0.15, -0.1) is 11.1 Å². The number of hydrogen-bond donors (Lipinski definition) is 0. The van der Waals surface area contributed by atoms with Gasteiger partial charge in [0, 0.05) is 19.5 Å². The molecule has 0 aliphatic carbocycles. The molecule has 0 radical (unpaired) electrons. The third kappa shape index (κ3) is 3.10. The van der Waals surface area contributed by atoms with E-state index in [2.05, 4.69) is 69.2 Å². The molecule has 0 aromatic rings. The van der Waals surface area contributed by atoms with Crippen molar-refractivity contribution in [1.29, 1.82) is 0 Å². The summed E-state index contributed by atoms with van der Waals surface area (Å²) in [4.78, 5) is 0. The van der Waals surface area contributed by atoms with Gasteiger partial charge >= 0.3 is 0 Å². The topological polar surface area (TPSA) is 14.1 Å². The quantitative estimate of drug-likeness (QED) is 0.502. The maximum Gasteiger partial charge on any atom is 0 e. The summed E-state index contributed by atoms with van der Waals surface area (Å²) in [7, 11) is 0. The van der Waals surface area contributed by atoms with E-state index >= 15 is 0 Å². The van der Waals surface area contributed by atoms with Gasteiger partial charge in [0.15, 0.2) is 0 Å².